The van der Waals surface area contributed by atoms with Gasteiger partial charge in [-0.15, -0.1) is 0 Å². The van der Waals surface area contributed by atoms with Gasteiger partial charge in [0.15, 0.2) is 52.6 Å². The van der Waals surface area contributed by atoms with Gasteiger partial charge in [-0.1, -0.05) is 18.6 Å². The lowest BCUT2D eigenvalue weighted by Gasteiger charge is -2.36. The Hall–Kier alpha value is -10.2. The van der Waals surface area contributed by atoms with E-state index in [0.29, 0.717) is 37.9 Å². The molecule has 1 aromatic heterocycles. The lowest BCUT2D eigenvalue weighted by molar-refractivity contribution is -0.160. The van der Waals surface area contributed by atoms with Crippen LogP contribution in [0, 0.1) is 5.82 Å². The van der Waals surface area contributed by atoms with E-state index in [1.807, 2.05) is 0 Å². The van der Waals surface area contributed by atoms with Crippen LogP contribution in [-0.2, 0) is 33.4 Å². The largest absolute Gasteiger partial charge is 0.504 e. The summed E-state index contributed by atoms with van der Waals surface area (Å²) in [5, 5.41) is 80.3. The normalized spacial score (nSPS) is 17.7. The number of nitrogens with one attached hydrogen (secondary N) is 4. The van der Waals surface area contributed by atoms with Crippen LogP contribution < -0.4 is 31.6 Å². The van der Waals surface area contributed by atoms with Crippen molar-refractivity contribution in [2.75, 3.05) is 57.4 Å². The Morgan fingerprint density at radius 3 is 1.61 bits per heavy atom. The number of nitrogens with zero attached hydrogens (tertiary/aromatic N) is 3. The minimum absolute atomic E-state index is 0.00240. The number of anilines is 1. The minimum atomic E-state index is -2.03. The second kappa shape index (κ2) is 24.9. The average molecular weight is 1140 g/mol. The molecule has 11 N–H and O–H groups in total. The number of phenols is 6. The van der Waals surface area contributed by atoms with Crippen LogP contribution >= 0.6 is 0 Å². The predicted octanol–water partition coefficient (Wildman–Crippen LogP) is 1.39. The lowest BCUT2D eigenvalue weighted by atomic mass is 10.1. The topological polar surface area (TPSA) is 400 Å². The fourth-order valence-corrected chi connectivity index (χ4v) is 9.01. The van der Waals surface area contributed by atoms with Crippen molar-refractivity contribution in [3.05, 3.63) is 111 Å². The molecule has 3 fully saturated rings. The van der Waals surface area contributed by atoms with Crippen LogP contribution in [0.2, 0.25) is 0 Å². The number of aromatic hydroxyl groups is 6. The van der Waals surface area contributed by atoms with E-state index in [2.05, 4.69) is 21.3 Å². The number of para-hydroxylation sites is 2. The molecule has 1 saturated carbocycles. The Bertz CT molecular complexity index is 3400. The third kappa shape index (κ3) is 13.1. The molecule has 1 aliphatic carbocycles. The van der Waals surface area contributed by atoms with Gasteiger partial charge in [0.2, 0.25) is 11.3 Å². The monoisotopic (exact) mass is 1140 g/mol. The number of carbonyl (C=O) groups excluding carboxylic acids is 8. The number of amides is 5. The molecule has 3 heterocycles. The zero-order valence-electron chi connectivity index (χ0n) is 43.2. The van der Waals surface area contributed by atoms with E-state index < -0.39 is 153 Å². The van der Waals surface area contributed by atoms with Crippen LogP contribution in [-0.4, -0.2) is 169 Å². The van der Waals surface area contributed by atoms with Gasteiger partial charge in [0.25, 0.3) is 23.6 Å². The van der Waals surface area contributed by atoms with Gasteiger partial charge in [-0.05, 0) is 74.2 Å². The van der Waals surface area contributed by atoms with E-state index in [1.165, 1.54) is 18.3 Å². The first-order valence-corrected chi connectivity index (χ1v) is 25.5. The summed E-state index contributed by atoms with van der Waals surface area (Å²) in [7, 11) is 0. The maximum atomic E-state index is 15.5. The van der Waals surface area contributed by atoms with Crippen molar-refractivity contribution in [1.82, 2.24) is 30.7 Å². The Balaban J connectivity index is 0.860. The number of carboxylic acids is 1. The number of ether oxygens (including phenoxy) is 3. The number of pyridine rings is 1. The summed E-state index contributed by atoms with van der Waals surface area (Å²) >= 11 is 0. The number of aromatic carboxylic acids is 1. The Kier molecular flexibility index (Phi) is 17.6. The van der Waals surface area contributed by atoms with Crippen molar-refractivity contribution < 1.29 is 97.5 Å². The highest BCUT2D eigenvalue weighted by Gasteiger charge is 2.36. The molecule has 2 saturated heterocycles. The number of carbonyl (C=O) groups is 9. The standard InChI is InChI=1S/C54H54FN7O20/c55-33-20-30-37(62(27-11-12-27)22-32(43(30)67)51(75)76)21-38(33)60-14-16-61(17-15-60)42(66)10-2-1-3-13-56-47(71)26-18-31(46(70)41(65)19-26)50(74)59-36-25-82-53(78)34(57-48(72)28-6-4-8-39(63)44(28)68)23-80-52(77)35(24-81-54(36)79)58-49(73)29-7-5-9-40(64)45(29)69/h4-9,18-22,27,34-36,63-65,68-70H,1-3,10-17,23-25H2,(H,56,71)(H,57,72)(H,58,73)(H,59,74)(H,75,76)/t34-,35-,36-/m0/s1. The number of halogens is 1. The molecule has 0 unspecified atom stereocenters. The molecule has 8 rings (SSSR count). The Morgan fingerprint density at radius 1 is 0.585 bits per heavy atom. The highest BCUT2D eigenvalue weighted by molar-refractivity contribution is 6.04. The van der Waals surface area contributed by atoms with Crippen LogP contribution in [0.15, 0.2) is 71.7 Å². The van der Waals surface area contributed by atoms with Crippen LogP contribution in [0.1, 0.15) is 96.4 Å². The first-order valence-electron chi connectivity index (χ1n) is 25.5. The van der Waals surface area contributed by atoms with Crippen LogP contribution in [0.5, 0.6) is 34.5 Å². The quantitative estimate of drug-likeness (QED) is 0.0288. The number of benzene rings is 4. The van der Waals surface area contributed by atoms with Crippen molar-refractivity contribution in [2.24, 2.45) is 0 Å². The van der Waals surface area contributed by atoms with Crippen LogP contribution in [0.4, 0.5) is 10.1 Å². The van der Waals surface area contributed by atoms with E-state index in [4.69, 9.17) is 14.2 Å². The highest BCUT2D eigenvalue weighted by Crippen LogP contribution is 2.39. The number of aromatic nitrogens is 1. The van der Waals surface area contributed by atoms with Crippen molar-refractivity contribution in [3.63, 3.8) is 0 Å². The van der Waals surface area contributed by atoms with E-state index in [1.54, 1.807) is 20.4 Å². The highest BCUT2D eigenvalue weighted by atomic mass is 19.1. The van der Waals surface area contributed by atoms with Crippen molar-refractivity contribution in [1.29, 1.82) is 0 Å². The zero-order chi connectivity index (χ0) is 59.1. The summed E-state index contributed by atoms with van der Waals surface area (Å²) in [6.45, 7) is -1.98. The fourth-order valence-electron chi connectivity index (χ4n) is 9.01. The van der Waals surface area contributed by atoms with Crippen molar-refractivity contribution in [3.8, 4) is 34.5 Å². The van der Waals surface area contributed by atoms with Gasteiger partial charge in [0.1, 0.15) is 31.2 Å². The Morgan fingerprint density at radius 2 is 1.10 bits per heavy atom. The lowest BCUT2D eigenvalue weighted by Crippen LogP contribution is -2.52. The number of piperazine rings is 1. The van der Waals surface area contributed by atoms with E-state index in [9.17, 15) is 83.7 Å². The second-order valence-electron chi connectivity index (χ2n) is 19.3. The fraction of sp³-hybridized carbons (Fsp3) is 0.333. The molecule has 27 nitrogen and oxygen atoms in total. The van der Waals surface area contributed by atoms with Gasteiger partial charge in [-0.25, -0.2) is 23.6 Å². The van der Waals surface area contributed by atoms with Gasteiger partial charge in [-0.3, -0.25) is 28.8 Å². The number of hydrogen-bond donors (Lipinski definition) is 11. The van der Waals surface area contributed by atoms with E-state index in [-0.39, 0.29) is 54.6 Å². The first-order chi connectivity index (χ1) is 39.1. The Labute approximate surface area is 462 Å². The number of fused-ring (bicyclic) bond motifs is 1. The third-order valence-electron chi connectivity index (χ3n) is 13.7. The smallest absolute Gasteiger partial charge is 0.341 e. The van der Waals surface area contributed by atoms with Crippen molar-refractivity contribution in [2.45, 2.75) is 62.7 Å². The van der Waals surface area contributed by atoms with Gasteiger partial charge in [0.05, 0.1) is 27.9 Å². The number of rotatable bonds is 16. The molecule has 0 radical (unpaired) electrons. The summed E-state index contributed by atoms with van der Waals surface area (Å²) in [4.78, 5) is 135. The number of carboxylic acid groups (broad SMARTS) is 1. The molecule has 2 aliphatic heterocycles. The number of cyclic esters (lactones) is 3. The maximum Gasteiger partial charge on any atom is 0.341 e. The van der Waals surface area contributed by atoms with E-state index in [0.717, 1.165) is 55.3 Å². The molecule has 432 valence electrons. The van der Waals surface area contributed by atoms with Gasteiger partial charge in [0, 0.05) is 62.3 Å². The minimum Gasteiger partial charge on any atom is -0.504 e. The molecule has 5 aromatic rings. The predicted molar refractivity (Wildman–Crippen MR) is 279 cm³/mol. The van der Waals surface area contributed by atoms with Crippen LogP contribution in [0.3, 0.4) is 0 Å². The maximum absolute atomic E-state index is 15.5. The summed E-state index contributed by atoms with van der Waals surface area (Å²) < 4.78 is 32.8. The zero-order valence-corrected chi connectivity index (χ0v) is 43.2. The molecule has 0 spiro atoms. The molecule has 4 aromatic carbocycles. The molecule has 82 heavy (non-hydrogen) atoms. The number of unbranched alkanes of at least 4 members (excludes halogenated alkanes) is 2. The van der Waals surface area contributed by atoms with Gasteiger partial charge < -0.3 is 85.6 Å². The number of phenolic OH excluding ortho intramolecular Hbond substituents is 6. The average Bonchev–Trinajstić information content (AvgIpc) is 3.21. The third-order valence-corrected chi connectivity index (χ3v) is 13.7. The molecule has 28 heteroatoms. The molecular weight excluding hydrogens is 1090 g/mol. The summed E-state index contributed by atoms with van der Waals surface area (Å²) in [6, 6.07) is 4.99. The molecule has 3 aliphatic rings. The first kappa shape index (κ1) is 58.0. The summed E-state index contributed by atoms with van der Waals surface area (Å²) in [5.41, 5.74) is -2.76. The summed E-state index contributed by atoms with van der Waals surface area (Å²) in [5.74, 6) is -16.3. The van der Waals surface area contributed by atoms with Crippen LogP contribution in [0.25, 0.3) is 10.9 Å². The molecule has 5 amide bonds. The molecule has 0 bridgehead atoms. The SMILES string of the molecule is O=C(NCCCCCC(=O)N1CCN(c2cc3c(cc2F)c(=O)c(C(=O)O)cn3C2CC2)CC1)c1cc(O)c(O)c(C(=O)N[C@H]2COC(=O)[C@@H](NC(=O)c3cccc(O)c3O)COC(=O)[C@@H](NC(=O)c3cccc(O)c3O)COC2=O)c1. The molecular formula is C54H54FN7O20. The summed E-state index contributed by atoms with van der Waals surface area (Å²) in [6.07, 6.45) is 4.32. The molecule has 3 atom stereocenters. The van der Waals surface area contributed by atoms with E-state index >= 15 is 4.39 Å². The number of hydrogen-bond acceptors (Lipinski definition) is 20. The number of esters is 3. The van der Waals surface area contributed by atoms with Gasteiger partial charge >= 0.3 is 23.9 Å². The second-order valence-corrected chi connectivity index (χ2v) is 19.3. The van der Waals surface area contributed by atoms with Gasteiger partial charge in [-0.2, -0.15) is 0 Å². The van der Waals surface area contributed by atoms with Crippen molar-refractivity contribution >= 4 is 70.0 Å².